The van der Waals surface area contributed by atoms with E-state index in [0.29, 0.717) is 29.6 Å². The smallest absolute Gasteiger partial charge is 0.410 e. The highest BCUT2D eigenvalue weighted by Gasteiger charge is 2.33. The van der Waals surface area contributed by atoms with Crippen LogP contribution in [0.2, 0.25) is 5.02 Å². The zero-order valence-electron chi connectivity index (χ0n) is 27.0. The number of fused-ring (bicyclic) bond motifs is 1. The predicted molar refractivity (Wildman–Crippen MR) is 178 cm³/mol. The number of carbonyl (C=O) groups is 2. The van der Waals surface area contributed by atoms with Crippen molar-refractivity contribution in [1.29, 1.82) is 0 Å². The molecule has 0 N–H and O–H groups in total. The van der Waals surface area contributed by atoms with Crippen molar-refractivity contribution in [2.24, 2.45) is 0 Å². The van der Waals surface area contributed by atoms with Crippen LogP contribution < -0.4 is 14.4 Å². The Bertz CT molecular complexity index is 1560. The van der Waals surface area contributed by atoms with Crippen molar-refractivity contribution < 1.29 is 23.8 Å². The first kappa shape index (κ1) is 32.2. The van der Waals surface area contributed by atoms with Crippen LogP contribution in [0, 0.1) is 0 Å². The Labute approximate surface area is 271 Å². The third-order valence-electron chi connectivity index (χ3n) is 7.96. The van der Waals surface area contributed by atoms with E-state index in [0.717, 1.165) is 27.9 Å². The van der Waals surface area contributed by atoms with Gasteiger partial charge >= 0.3 is 6.09 Å². The Balaban J connectivity index is 1.40. The van der Waals surface area contributed by atoms with Gasteiger partial charge < -0.3 is 24.0 Å². The first-order valence-electron chi connectivity index (χ1n) is 15.3. The average Bonchev–Trinajstić information content (AvgIpc) is 2.99. The summed E-state index contributed by atoms with van der Waals surface area (Å²) in [7, 11) is 1.65. The lowest BCUT2D eigenvalue weighted by Gasteiger charge is -2.38. The van der Waals surface area contributed by atoms with E-state index in [2.05, 4.69) is 59.6 Å². The Morgan fingerprint density at radius 3 is 2.24 bits per heavy atom. The molecular formula is C36H42ClN3O5. The quantitative estimate of drug-likeness (QED) is 0.264. The molecule has 1 saturated heterocycles. The van der Waals surface area contributed by atoms with Crippen molar-refractivity contribution in [1.82, 2.24) is 9.80 Å². The van der Waals surface area contributed by atoms with Gasteiger partial charge in [-0.3, -0.25) is 9.69 Å². The lowest BCUT2D eigenvalue weighted by Crippen LogP contribution is -2.53. The van der Waals surface area contributed by atoms with Crippen LogP contribution in [-0.4, -0.2) is 60.2 Å². The van der Waals surface area contributed by atoms with Gasteiger partial charge in [0.1, 0.15) is 12.1 Å². The van der Waals surface area contributed by atoms with Gasteiger partial charge in [0.15, 0.2) is 11.5 Å². The van der Waals surface area contributed by atoms with Crippen LogP contribution in [0.5, 0.6) is 11.5 Å². The molecule has 0 spiro atoms. The lowest BCUT2D eigenvalue weighted by atomic mass is 9.89. The Kier molecular flexibility index (Phi) is 9.35. The van der Waals surface area contributed by atoms with Crippen molar-refractivity contribution in [3.05, 3.63) is 94.1 Å². The zero-order chi connectivity index (χ0) is 32.5. The molecule has 238 valence electrons. The molecule has 2 atom stereocenters. The number of piperazine rings is 1. The van der Waals surface area contributed by atoms with Gasteiger partial charge in [-0.15, -0.1) is 0 Å². The largest absolute Gasteiger partial charge is 0.493 e. The number of rotatable bonds is 7. The highest BCUT2D eigenvalue weighted by Crippen LogP contribution is 2.44. The van der Waals surface area contributed by atoms with E-state index in [1.165, 1.54) is 4.90 Å². The van der Waals surface area contributed by atoms with Crippen molar-refractivity contribution in [2.75, 3.05) is 31.6 Å². The average molecular weight is 632 g/mol. The van der Waals surface area contributed by atoms with Crippen molar-refractivity contribution in [3.63, 3.8) is 0 Å². The molecule has 0 aliphatic carbocycles. The Hall–Kier alpha value is -4.17. The normalized spacial score (nSPS) is 17.3. The van der Waals surface area contributed by atoms with E-state index in [1.807, 2.05) is 64.6 Å². The van der Waals surface area contributed by atoms with Gasteiger partial charge in [0.05, 0.1) is 25.3 Å². The van der Waals surface area contributed by atoms with E-state index < -0.39 is 11.7 Å². The summed E-state index contributed by atoms with van der Waals surface area (Å²) >= 11 is 6.28. The fourth-order valence-electron chi connectivity index (χ4n) is 5.78. The number of hydrogen-bond donors (Lipinski definition) is 0. The monoisotopic (exact) mass is 631 g/mol. The topological polar surface area (TPSA) is 71.6 Å². The molecule has 1 fully saturated rings. The fraction of sp³-hybridized carbons (Fsp3) is 0.389. The molecule has 0 bridgehead atoms. The maximum absolute atomic E-state index is 13.1. The molecule has 0 radical (unpaired) electrons. The SMILES string of the molecule is COc1cc2c(cc1OC(C)C)[C@H](c1ccc(Cl)cc1)N(c1ccc(C(C)N3CCN(C(=O)OC(C)(C)C)CC3=O)cc1)C=C2. The first-order valence-corrected chi connectivity index (χ1v) is 15.7. The van der Waals surface area contributed by atoms with Gasteiger partial charge in [0.25, 0.3) is 0 Å². The van der Waals surface area contributed by atoms with Crippen LogP contribution in [0.25, 0.3) is 6.08 Å². The molecule has 2 aliphatic rings. The zero-order valence-corrected chi connectivity index (χ0v) is 27.8. The number of amides is 2. The van der Waals surface area contributed by atoms with E-state index in [9.17, 15) is 9.59 Å². The molecule has 2 heterocycles. The number of ether oxygens (including phenoxy) is 3. The highest BCUT2D eigenvalue weighted by molar-refractivity contribution is 6.30. The molecule has 0 aromatic heterocycles. The summed E-state index contributed by atoms with van der Waals surface area (Å²) < 4.78 is 17.3. The summed E-state index contributed by atoms with van der Waals surface area (Å²) in [6, 6.07) is 20.0. The molecule has 2 amide bonds. The van der Waals surface area contributed by atoms with E-state index in [1.54, 1.807) is 7.11 Å². The maximum Gasteiger partial charge on any atom is 0.410 e. The summed E-state index contributed by atoms with van der Waals surface area (Å²) in [5.74, 6) is 1.29. The number of hydrogen-bond acceptors (Lipinski definition) is 6. The fourth-order valence-corrected chi connectivity index (χ4v) is 5.90. The minimum atomic E-state index is -0.610. The molecule has 5 rings (SSSR count). The van der Waals surface area contributed by atoms with Crippen LogP contribution in [-0.2, 0) is 9.53 Å². The molecule has 0 saturated carbocycles. The van der Waals surface area contributed by atoms with Gasteiger partial charge in [-0.2, -0.15) is 0 Å². The number of nitrogens with zero attached hydrogens (tertiary/aromatic N) is 3. The summed E-state index contributed by atoms with van der Waals surface area (Å²) in [6.07, 6.45) is 3.70. The van der Waals surface area contributed by atoms with Gasteiger partial charge in [0, 0.05) is 30.0 Å². The van der Waals surface area contributed by atoms with Gasteiger partial charge in [-0.05, 0) is 106 Å². The van der Waals surface area contributed by atoms with Gasteiger partial charge in [-0.25, -0.2) is 4.79 Å². The molecule has 8 nitrogen and oxygen atoms in total. The molecule has 2 aliphatic heterocycles. The van der Waals surface area contributed by atoms with Crippen LogP contribution in [0.1, 0.15) is 75.9 Å². The van der Waals surface area contributed by atoms with Gasteiger partial charge in [0.2, 0.25) is 5.91 Å². The van der Waals surface area contributed by atoms with Crippen LogP contribution >= 0.6 is 11.6 Å². The summed E-state index contributed by atoms with van der Waals surface area (Å²) in [5, 5.41) is 0.676. The van der Waals surface area contributed by atoms with Crippen LogP contribution in [0.3, 0.4) is 0 Å². The number of carbonyl (C=O) groups excluding carboxylic acids is 2. The molecule has 9 heteroatoms. The Morgan fingerprint density at radius 2 is 1.64 bits per heavy atom. The number of methoxy groups -OCH3 is 1. The number of halogens is 1. The van der Waals surface area contributed by atoms with Gasteiger partial charge in [-0.1, -0.05) is 35.9 Å². The third kappa shape index (κ3) is 7.22. The van der Waals surface area contributed by atoms with E-state index >= 15 is 0 Å². The second-order valence-corrected chi connectivity index (χ2v) is 13.2. The minimum absolute atomic E-state index is 0.00534. The number of anilines is 1. The minimum Gasteiger partial charge on any atom is -0.493 e. The maximum atomic E-state index is 13.1. The van der Waals surface area contributed by atoms with Crippen LogP contribution in [0.4, 0.5) is 10.5 Å². The summed E-state index contributed by atoms with van der Waals surface area (Å²) in [4.78, 5) is 31.2. The molecular weight excluding hydrogens is 590 g/mol. The van der Waals surface area contributed by atoms with E-state index in [-0.39, 0.29) is 30.6 Å². The third-order valence-corrected chi connectivity index (χ3v) is 8.21. The molecule has 1 unspecified atom stereocenters. The first-order chi connectivity index (χ1) is 21.3. The standard InChI is InChI=1S/C36H42ClN3O5/c1-23(2)44-32-21-30-27(20-31(32)43-7)16-17-40(34(30)26-8-12-28(37)13-9-26)29-14-10-25(11-15-29)24(3)39-19-18-38(22-33(39)41)35(42)45-36(4,5)6/h8-17,20-21,23-24,34H,18-19,22H2,1-7H3/t24?,34-/m0/s1. The number of benzene rings is 3. The predicted octanol–water partition coefficient (Wildman–Crippen LogP) is 7.86. The summed E-state index contributed by atoms with van der Waals surface area (Å²) in [5.41, 5.74) is 4.62. The summed E-state index contributed by atoms with van der Waals surface area (Å²) in [6.45, 7) is 12.4. The van der Waals surface area contributed by atoms with Crippen molar-refractivity contribution in [3.8, 4) is 11.5 Å². The molecule has 3 aromatic carbocycles. The molecule has 45 heavy (non-hydrogen) atoms. The van der Waals surface area contributed by atoms with Crippen molar-refractivity contribution in [2.45, 2.75) is 65.3 Å². The molecule has 3 aromatic rings. The van der Waals surface area contributed by atoms with Crippen LogP contribution in [0.15, 0.2) is 66.9 Å². The second-order valence-electron chi connectivity index (χ2n) is 12.7. The van der Waals surface area contributed by atoms with Crippen molar-refractivity contribution >= 4 is 35.4 Å². The lowest BCUT2D eigenvalue weighted by molar-refractivity contribution is -0.138. The highest BCUT2D eigenvalue weighted by atomic mass is 35.5. The second kappa shape index (κ2) is 13.1. The Morgan fingerprint density at radius 1 is 0.956 bits per heavy atom. The van der Waals surface area contributed by atoms with E-state index in [4.69, 9.17) is 25.8 Å².